The molecule has 0 saturated heterocycles. The molecule has 0 bridgehead atoms. The molecular weight excluding hydrogens is 235 g/mol. The number of hydrogen-bond donors (Lipinski definition) is 1. The molecule has 5 nitrogen and oxygen atoms in total. The highest BCUT2D eigenvalue weighted by Crippen LogP contribution is 2.08. The van der Waals surface area contributed by atoms with Gasteiger partial charge in [0.2, 0.25) is 5.95 Å². The Morgan fingerprint density at radius 2 is 2.28 bits per heavy atom. The van der Waals surface area contributed by atoms with Gasteiger partial charge in [0.25, 0.3) is 5.91 Å². The maximum atomic E-state index is 12.9. The maximum absolute atomic E-state index is 12.9. The van der Waals surface area contributed by atoms with Crippen LogP contribution in [0.1, 0.15) is 23.1 Å². The van der Waals surface area contributed by atoms with Crippen molar-refractivity contribution in [3.05, 3.63) is 41.6 Å². The van der Waals surface area contributed by atoms with Gasteiger partial charge in [0, 0.05) is 7.05 Å². The van der Waals surface area contributed by atoms with Crippen LogP contribution in [-0.4, -0.2) is 20.7 Å². The fraction of sp³-hybridized carbons (Fsp3) is 0.250. The summed E-state index contributed by atoms with van der Waals surface area (Å²) in [5.41, 5.74) is 1.24. The van der Waals surface area contributed by atoms with Crippen molar-refractivity contribution in [2.24, 2.45) is 7.05 Å². The Morgan fingerprint density at radius 1 is 1.50 bits per heavy atom. The summed E-state index contributed by atoms with van der Waals surface area (Å²) >= 11 is 0. The average molecular weight is 248 g/mol. The van der Waals surface area contributed by atoms with E-state index in [0.29, 0.717) is 5.69 Å². The van der Waals surface area contributed by atoms with Gasteiger partial charge in [0.1, 0.15) is 11.5 Å². The van der Waals surface area contributed by atoms with E-state index in [2.05, 4.69) is 15.4 Å². The first-order valence-corrected chi connectivity index (χ1v) is 5.57. The van der Waals surface area contributed by atoms with Crippen LogP contribution in [-0.2, 0) is 13.5 Å². The predicted octanol–water partition coefficient (Wildman–Crippen LogP) is 1.77. The molecule has 0 aromatic carbocycles. The Morgan fingerprint density at radius 3 is 2.89 bits per heavy atom. The lowest BCUT2D eigenvalue weighted by molar-refractivity contribution is 0.101. The van der Waals surface area contributed by atoms with Crippen molar-refractivity contribution in [3.63, 3.8) is 0 Å². The molecule has 2 rings (SSSR count). The van der Waals surface area contributed by atoms with Crippen molar-refractivity contribution in [3.8, 4) is 0 Å². The summed E-state index contributed by atoms with van der Waals surface area (Å²) in [6, 6.07) is 5.93. The molecule has 0 aliphatic carbocycles. The average Bonchev–Trinajstić information content (AvgIpc) is 2.70. The standard InChI is InChI=1S/C12H13FN4O/c1-3-8-7-9(17(2)16-8)12(18)15-11-6-4-5-10(13)14-11/h4-7H,3H2,1-2H3,(H,14,15,18). The molecule has 2 aromatic rings. The van der Waals surface area contributed by atoms with Gasteiger partial charge < -0.3 is 5.32 Å². The summed E-state index contributed by atoms with van der Waals surface area (Å²) in [6.07, 6.45) is 0.749. The molecule has 1 N–H and O–H groups in total. The molecule has 0 fully saturated rings. The van der Waals surface area contributed by atoms with E-state index >= 15 is 0 Å². The minimum absolute atomic E-state index is 0.180. The number of anilines is 1. The highest BCUT2D eigenvalue weighted by atomic mass is 19.1. The Balaban J connectivity index is 2.19. The molecule has 1 amide bonds. The first-order chi connectivity index (χ1) is 8.60. The first-order valence-electron chi connectivity index (χ1n) is 5.57. The van der Waals surface area contributed by atoms with Crippen LogP contribution in [0.5, 0.6) is 0 Å². The molecule has 0 aliphatic heterocycles. The quantitative estimate of drug-likeness (QED) is 0.842. The third kappa shape index (κ3) is 2.53. The minimum Gasteiger partial charge on any atom is -0.305 e. The molecule has 0 atom stereocenters. The largest absolute Gasteiger partial charge is 0.305 e. The Kier molecular flexibility index (Phi) is 3.36. The van der Waals surface area contributed by atoms with Crippen molar-refractivity contribution in [1.29, 1.82) is 0 Å². The number of hydrogen-bond acceptors (Lipinski definition) is 3. The molecular formula is C12H13FN4O. The van der Waals surface area contributed by atoms with Crippen LogP contribution < -0.4 is 5.32 Å². The van der Waals surface area contributed by atoms with Gasteiger partial charge in [0.05, 0.1) is 5.69 Å². The second-order valence-electron chi connectivity index (χ2n) is 3.80. The van der Waals surface area contributed by atoms with E-state index in [9.17, 15) is 9.18 Å². The van der Waals surface area contributed by atoms with E-state index in [0.717, 1.165) is 12.1 Å². The lowest BCUT2D eigenvalue weighted by Gasteiger charge is -2.03. The molecule has 2 aromatic heterocycles. The Bertz CT molecular complexity index is 579. The van der Waals surface area contributed by atoms with Crippen LogP contribution in [0.25, 0.3) is 0 Å². The van der Waals surface area contributed by atoms with Crippen LogP contribution in [0.3, 0.4) is 0 Å². The number of carbonyl (C=O) groups is 1. The smallest absolute Gasteiger partial charge is 0.275 e. The van der Waals surface area contributed by atoms with E-state index in [1.165, 1.54) is 22.9 Å². The van der Waals surface area contributed by atoms with Crippen molar-refractivity contribution < 1.29 is 9.18 Å². The van der Waals surface area contributed by atoms with Gasteiger partial charge in [-0.25, -0.2) is 4.98 Å². The zero-order chi connectivity index (χ0) is 13.1. The number of carbonyl (C=O) groups excluding carboxylic acids is 1. The molecule has 2 heterocycles. The lowest BCUT2D eigenvalue weighted by atomic mass is 10.3. The molecule has 0 radical (unpaired) electrons. The highest BCUT2D eigenvalue weighted by molar-refractivity contribution is 6.02. The molecule has 0 aliphatic rings. The van der Waals surface area contributed by atoms with Crippen LogP contribution >= 0.6 is 0 Å². The van der Waals surface area contributed by atoms with E-state index in [1.807, 2.05) is 6.92 Å². The van der Waals surface area contributed by atoms with E-state index < -0.39 is 5.95 Å². The van der Waals surface area contributed by atoms with E-state index in [-0.39, 0.29) is 11.7 Å². The molecule has 6 heteroatoms. The van der Waals surface area contributed by atoms with Gasteiger partial charge in [-0.2, -0.15) is 9.49 Å². The minimum atomic E-state index is -0.632. The maximum Gasteiger partial charge on any atom is 0.275 e. The van der Waals surface area contributed by atoms with Crippen molar-refractivity contribution >= 4 is 11.7 Å². The second kappa shape index (κ2) is 4.95. The van der Waals surface area contributed by atoms with Crippen molar-refractivity contribution in [1.82, 2.24) is 14.8 Å². The third-order valence-electron chi connectivity index (χ3n) is 2.48. The number of aryl methyl sites for hydroxylation is 2. The van der Waals surface area contributed by atoms with Crippen molar-refractivity contribution in [2.45, 2.75) is 13.3 Å². The lowest BCUT2D eigenvalue weighted by Crippen LogP contribution is -2.16. The fourth-order valence-electron chi connectivity index (χ4n) is 1.57. The Labute approximate surface area is 104 Å². The molecule has 94 valence electrons. The monoisotopic (exact) mass is 248 g/mol. The zero-order valence-electron chi connectivity index (χ0n) is 10.1. The number of nitrogens with zero attached hydrogens (tertiary/aromatic N) is 3. The number of halogens is 1. The fourth-order valence-corrected chi connectivity index (χ4v) is 1.57. The molecule has 18 heavy (non-hydrogen) atoms. The van der Waals surface area contributed by atoms with Crippen LogP contribution in [0.4, 0.5) is 10.2 Å². The topological polar surface area (TPSA) is 59.8 Å². The van der Waals surface area contributed by atoms with Gasteiger partial charge in [0.15, 0.2) is 0 Å². The van der Waals surface area contributed by atoms with E-state index in [1.54, 1.807) is 13.1 Å². The van der Waals surface area contributed by atoms with Crippen molar-refractivity contribution in [2.75, 3.05) is 5.32 Å². The summed E-state index contributed by atoms with van der Waals surface area (Å²) in [7, 11) is 1.69. The normalized spacial score (nSPS) is 10.4. The predicted molar refractivity (Wildman–Crippen MR) is 64.7 cm³/mol. The SMILES string of the molecule is CCc1cc(C(=O)Nc2cccc(F)n2)n(C)n1. The second-order valence-corrected chi connectivity index (χ2v) is 3.80. The van der Waals surface area contributed by atoms with E-state index in [4.69, 9.17) is 0 Å². The van der Waals surface area contributed by atoms with Gasteiger partial charge in [-0.05, 0) is 24.6 Å². The molecule has 0 unspecified atom stereocenters. The Hall–Kier alpha value is -2.24. The number of pyridine rings is 1. The third-order valence-corrected chi connectivity index (χ3v) is 2.48. The summed E-state index contributed by atoms with van der Waals surface area (Å²) < 4.78 is 14.4. The number of amides is 1. The van der Waals surface area contributed by atoms with Crippen LogP contribution in [0.2, 0.25) is 0 Å². The summed E-state index contributed by atoms with van der Waals surface area (Å²) in [4.78, 5) is 15.5. The highest BCUT2D eigenvalue weighted by Gasteiger charge is 2.13. The van der Waals surface area contributed by atoms with Gasteiger partial charge in [-0.1, -0.05) is 13.0 Å². The summed E-state index contributed by atoms with van der Waals surface area (Å²) in [5, 5.41) is 6.70. The molecule has 0 saturated carbocycles. The molecule has 0 spiro atoms. The summed E-state index contributed by atoms with van der Waals surface area (Å²) in [6.45, 7) is 1.96. The van der Waals surface area contributed by atoms with Crippen LogP contribution in [0.15, 0.2) is 24.3 Å². The summed E-state index contributed by atoms with van der Waals surface area (Å²) in [5.74, 6) is -0.811. The zero-order valence-corrected chi connectivity index (χ0v) is 10.1. The van der Waals surface area contributed by atoms with Gasteiger partial charge in [-0.3, -0.25) is 9.48 Å². The number of rotatable bonds is 3. The van der Waals surface area contributed by atoms with Crippen LogP contribution in [0, 0.1) is 5.95 Å². The number of aromatic nitrogens is 3. The number of nitrogens with one attached hydrogen (secondary N) is 1. The van der Waals surface area contributed by atoms with Gasteiger partial charge in [-0.15, -0.1) is 0 Å². The first kappa shape index (κ1) is 12.2. The van der Waals surface area contributed by atoms with Gasteiger partial charge >= 0.3 is 0 Å².